The van der Waals surface area contributed by atoms with Crippen molar-refractivity contribution < 1.29 is 9.50 Å². The first-order valence-electron chi connectivity index (χ1n) is 4.79. The average molecular weight is 195 g/mol. The Labute approximate surface area is 82.5 Å². The van der Waals surface area contributed by atoms with E-state index in [-0.39, 0.29) is 11.2 Å². The van der Waals surface area contributed by atoms with Crippen molar-refractivity contribution in [2.24, 2.45) is 5.73 Å². The second kappa shape index (κ2) is 2.95. The average Bonchev–Trinajstić information content (AvgIpc) is 2.92. The third-order valence-electron chi connectivity index (χ3n) is 3.02. The van der Waals surface area contributed by atoms with Crippen LogP contribution in [0.15, 0.2) is 12.1 Å². The van der Waals surface area contributed by atoms with Gasteiger partial charge in [-0.3, -0.25) is 0 Å². The third-order valence-corrected chi connectivity index (χ3v) is 3.02. The normalized spacial score (nSPS) is 18.2. The Kier molecular flexibility index (Phi) is 2.00. The van der Waals surface area contributed by atoms with Crippen molar-refractivity contribution in [3.63, 3.8) is 0 Å². The monoisotopic (exact) mass is 195 g/mol. The number of phenols is 1. The van der Waals surface area contributed by atoms with Crippen LogP contribution in [0.5, 0.6) is 5.75 Å². The maximum atomic E-state index is 13.2. The fraction of sp³-hybridized carbons (Fsp3) is 0.455. The van der Waals surface area contributed by atoms with E-state index in [1.54, 1.807) is 0 Å². The molecule has 0 bridgehead atoms. The van der Waals surface area contributed by atoms with Crippen molar-refractivity contribution in [2.45, 2.75) is 25.2 Å². The van der Waals surface area contributed by atoms with Gasteiger partial charge in [-0.25, -0.2) is 4.39 Å². The van der Waals surface area contributed by atoms with Crippen LogP contribution in [-0.4, -0.2) is 11.7 Å². The molecule has 1 aliphatic carbocycles. The molecule has 1 aliphatic rings. The van der Waals surface area contributed by atoms with Crippen molar-refractivity contribution in [1.82, 2.24) is 0 Å². The molecule has 3 N–H and O–H groups in total. The summed E-state index contributed by atoms with van der Waals surface area (Å²) in [7, 11) is 0. The van der Waals surface area contributed by atoms with Crippen LogP contribution < -0.4 is 5.73 Å². The Balaban J connectivity index is 2.52. The van der Waals surface area contributed by atoms with Crippen LogP contribution in [0.3, 0.4) is 0 Å². The van der Waals surface area contributed by atoms with Gasteiger partial charge in [-0.2, -0.15) is 0 Å². The summed E-state index contributed by atoms with van der Waals surface area (Å²) in [5, 5.41) is 9.60. The first kappa shape index (κ1) is 9.46. The van der Waals surface area contributed by atoms with Crippen LogP contribution in [0, 0.1) is 12.7 Å². The van der Waals surface area contributed by atoms with E-state index >= 15 is 0 Å². The molecule has 0 radical (unpaired) electrons. The number of halogens is 1. The lowest BCUT2D eigenvalue weighted by atomic mass is 9.93. The molecule has 0 amide bonds. The van der Waals surface area contributed by atoms with E-state index in [2.05, 4.69) is 0 Å². The van der Waals surface area contributed by atoms with Gasteiger partial charge in [-0.1, -0.05) is 6.07 Å². The molecule has 0 aliphatic heterocycles. The van der Waals surface area contributed by atoms with Crippen LogP contribution >= 0.6 is 0 Å². The number of nitrogens with two attached hydrogens (primary N) is 1. The van der Waals surface area contributed by atoms with Gasteiger partial charge in [0.05, 0.1) is 0 Å². The second-order valence-corrected chi connectivity index (χ2v) is 4.13. The van der Waals surface area contributed by atoms with E-state index in [9.17, 15) is 9.50 Å². The van der Waals surface area contributed by atoms with Gasteiger partial charge in [0.2, 0.25) is 0 Å². The van der Waals surface area contributed by atoms with Crippen LogP contribution in [-0.2, 0) is 5.41 Å². The molecular formula is C11H14FNO. The van der Waals surface area contributed by atoms with Crippen molar-refractivity contribution >= 4 is 0 Å². The molecule has 1 fully saturated rings. The number of benzene rings is 1. The van der Waals surface area contributed by atoms with Crippen LogP contribution in [0.25, 0.3) is 0 Å². The predicted octanol–water partition coefficient (Wildman–Crippen LogP) is 1.83. The van der Waals surface area contributed by atoms with E-state index in [0.717, 1.165) is 18.4 Å². The molecule has 14 heavy (non-hydrogen) atoms. The minimum absolute atomic E-state index is 0.156. The molecule has 1 aromatic rings. The van der Waals surface area contributed by atoms with E-state index < -0.39 is 5.82 Å². The zero-order chi connectivity index (χ0) is 10.3. The van der Waals surface area contributed by atoms with Gasteiger partial charge in [-0.15, -0.1) is 0 Å². The molecule has 0 saturated heterocycles. The summed E-state index contributed by atoms with van der Waals surface area (Å²) in [6, 6.07) is 3.17. The van der Waals surface area contributed by atoms with Gasteiger partial charge in [0.25, 0.3) is 0 Å². The molecular weight excluding hydrogens is 181 g/mol. The van der Waals surface area contributed by atoms with Crippen LogP contribution in [0.2, 0.25) is 0 Å². The summed E-state index contributed by atoms with van der Waals surface area (Å²) >= 11 is 0. The highest BCUT2D eigenvalue weighted by atomic mass is 19.1. The van der Waals surface area contributed by atoms with Gasteiger partial charge in [-0.05, 0) is 31.4 Å². The van der Waals surface area contributed by atoms with Gasteiger partial charge < -0.3 is 10.8 Å². The predicted molar refractivity (Wildman–Crippen MR) is 52.8 cm³/mol. The number of hydrogen-bond acceptors (Lipinski definition) is 2. The largest absolute Gasteiger partial charge is 0.505 e. The van der Waals surface area contributed by atoms with E-state index in [0.29, 0.717) is 12.1 Å². The molecule has 1 aromatic carbocycles. The molecule has 0 atom stereocenters. The summed E-state index contributed by atoms with van der Waals surface area (Å²) < 4.78 is 13.2. The van der Waals surface area contributed by atoms with E-state index in [4.69, 9.17) is 5.73 Å². The molecule has 76 valence electrons. The number of hydrogen-bond donors (Lipinski definition) is 2. The summed E-state index contributed by atoms with van der Waals surface area (Å²) in [4.78, 5) is 0. The molecule has 0 unspecified atom stereocenters. The maximum Gasteiger partial charge on any atom is 0.165 e. The van der Waals surface area contributed by atoms with E-state index in [1.807, 2.05) is 13.0 Å². The number of phenolic OH excluding ortho intramolecular Hbond substituents is 1. The summed E-state index contributed by atoms with van der Waals surface area (Å²) in [5.41, 5.74) is 6.99. The Bertz CT molecular complexity index is 372. The molecule has 0 heterocycles. The highest BCUT2D eigenvalue weighted by molar-refractivity contribution is 5.45. The number of aromatic hydroxyl groups is 1. The van der Waals surface area contributed by atoms with Gasteiger partial charge in [0.1, 0.15) is 0 Å². The molecule has 2 rings (SSSR count). The van der Waals surface area contributed by atoms with Crippen molar-refractivity contribution in [3.8, 4) is 5.75 Å². The highest BCUT2D eigenvalue weighted by Crippen LogP contribution is 2.50. The minimum atomic E-state index is -0.542. The van der Waals surface area contributed by atoms with Crippen molar-refractivity contribution in [2.75, 3.05) is 6.54 Å². The topological polar surface area (TPSA) is 46.2 Å². The second-order valence-electron chi connectivity index (χ2n) is 4.13. The SMILES string of the molecule is Cc1cc(F)c(O)c(C2(CN)CC2)c1. The molecule has 0 spiro atoms. The van der Waals surface area contributed by atoms with Gasteiger partial charge >= 0.3 is 0 Å². The first-order chi connectivity index (χ1) is 6.59. The lowest BCUT2D eigenvalue weighted by Crippen LogP contribution is -2.20. The fourth-order valence-electron chi connectivity index (χ4n) is 1.87. The van der Waals surface area contributed by atoms with E-state index in [1.165, 1.54) is 6.07 Å². The van der Waals surface area contributed by atoms with Crippen molar-refractivity contribution in [3.05, 3.63) is 29.1 Å². The summed E-state index contributed by atoms with van der Waals surface area (Å²) in [5.74, 6) is -0.765. The lowest BCUT2D eigenvalue weighted by Gasteiger charge is -2.15. The van der Waals surface area contributed by atoms with Crippen molar-refractivity contribution in [1.29, 1.82) is 0 Å². The zero-order valence-electron chi connectivity index (χ0n) is 8.18. The summed E-state index contributed by atoms with van der Waals surface area (Å²) in [6.45, 7) is 2.29. The smallest absolute Gasteiger partial charge is 0.165 e. The number of rotatable bonds is 2. The quantitative estimate of drug-likeness (QED) is 0.756. The zero-order valence-corrected chi connectivity index (χ0v) is 8.18. The van der Waals surface area contributed by atoms with Crippen LogP contribution in [0.4, 0.5) is 4.39 Å². The minimum Gasteiger partial charge on any atom is -0.505 e. The third kappa shape index (κ3) is 1.28. The first-order valence-corrected chi connectivity index (χ1v) is 4.79. The van der Waals surface area contributed by atoms with Crippen LogP contribution in [0.1, 0.15) is 24.0 Å². The van der Waals surface area contributed by atoms with Gasteiger partial charge in [0.15, 0.2) is 11.6 Å². The summed E-state index contributed by atoms with van der Waals surface area (Å²) in [6.07, 6.45) is 1.89. The Morgan fingerprint density at radius 2 is 2.14 bits per heavy atom. The van der Waals surface area contributed by atoms with Gasteiger partial charge in [0, 0.05) is 17.5 Å². The maximum absolute atomic E-state index is 13.2. The Hall–Kier alpha value is -1.09. The lowest BCUT2D eigenvalue weighted by molar-refractivity contribution is 0.418. The standard InChI is InChI=1S/C11H14FNO/c1-7-4-8(10(14)9(12)5-7)11(6-13)2-3-11/h4-5,14H,2-3,6,13H2,1H3. The highest BCUT2D eigenvalue weighted by Gasteiger charge is 2.45. The Morgan fingerprint density at radius 1 is 1.50 bits per heavy atom. The fourth-order valence-corrected chi connectivity index (χ4v) is 1.87. The molecule has 2 nitrogen and oxygen atoms in total. The molecule has 0 aromatic heterocycles. The number of aryl methyl sites for hydroxylation is 1. The Morgan fingerprint density at radius 3 is 2.64 bits per heavy atom. The molecule has 3 heteroatoms. The molecule has 1 saturated carbocycles.